The van der Waals surface area contributed by atoms with Gasteiger partial charge in [-0.1, -0.05) is 18.2 Å². The number of nitrogens with one attached hydrogen (secondary N) is 1. The quantitative estimate of drug-likeness (QED) is 0.547. The summed E-state index contributed by atoms with van der Waals surface area (Å²) in [6, 6.07) is 11.1. The first kappa shape index (κ1) is 24.6. The summed E-state index contributed by atoms with van der Waals surface area (Å²) in [5, 5.41) is 2.83. The highest BCUT2D eigenvalue weighted by Gasteiger charge is 2.62. The molecule has 1 aliphatic carbocycles. The zero-order valence-electron chi connectivity index (χ0n) is 20.5. The maximum atomic E-state index is 13.8. The monoisotopic (exact) mass is 480 g/mol. The molecule has 35 heavy (non-hydrogen) atoms. The Morgan fingerprint density at radius 1 is 1.20 bits per heavy atom. The molecule has 1 aliphatic heterocycles. The van der Waals surface area contributed by atoms with Crippen LogP contribution in [0.15, 0.2) is 52.6 Å². The van der Waals surface area contributed by atoms with Gasteiger partial charge in [0, 0.05) is 12.1 Å². The van der Waals surface area contributed by atoms with E-state index in [9.17, 15) is 14.4 Å². The first-order valence-electron chi connectivity index (χ1n) is 12.0. The molecular formula is C27H32N2O6. The Kier molecular flexibility index (Phi) is 7.28. The lowest BCUT2D eigenvalue weighted by Gasteiger charge is -2.35. The fourth-order valence-electron chi connectivity index (χ4n) is 5.12. The first-order valence-corrected chi connectivity index (χ1v) is 12.0. The van der Waals surface area contributed by atoms with E-state index in [0.29, 0.717) is 24.4 Å². The maximum Gasteiger partial charge on any atom is 0.318 e. The second kappa shape index (κ2) is 10.4. The summed E-state index contributed by atoms with van der Waals surface area (Å²) in [6.07, 6.45) is 3.84. The fourth-order valence-corrected chi connectivity index (χ4v) is 5.12. The molecule has 0 unspecified atom stereocenters. The third-order valence-electron chi connectivity index (χ3n) is 6.80. The smallest absolute Gasteiger partial charge is 0.318 e. The highest BCUT2D eigenvalue weighted by molar-refractivity contribution is 5.99. The highest BCUT2D eigenvalue weighted by atomic mass is 16.5. The van der Waals surface area contributed by atoms with Gasteiger partial charge in [-0.3, -0.25) is 14.4 Å². The Balaban J connectivity index is 1.61. The van der Waals surface area contributed by atoms with Gasteiger partial charge in [0.1, 0.15) is 22.7 Å². The molecule has 8 heteroatoms. The van der Waals surface area contributed by atoms with Crippen molar-refractivity contribution in [3.63, 3.8) is 0 Å². The van der Waals surface area contributed by atoms with Gasteiger partial charge >= 0.3 is 5.97 Å². The second-order valence-electron chi connectivity index (χ2n) is 8.99. The molecule has 4 rings (SSSR count). The molecule has 2 amide bonds. The molecule has 0 saturated carbocycles. The lowest BCUT2D eigenvalue weighted by Crippen LogP contribution is -2.43. The van der Waals surface area contributed by atoms with Gasteiger partial charge < -0.3 is 24.1 Å². The van der Waals surface area contributed by atoms with Crippen LogP contribution in [0.5, 0.6) is 5.75 Å². The van der Waals surface area contributed by atoms with Gasteiger partial charge in [0.05, 0.1) is 32.7 Å². The van der Waals surface area contributed by atoms with Crippen LogP contribution in [-0.4, -0.2) is 36.4 Å². The van der Waals surface area contributed by atoms with Crippen molar-refractivity contribution in [1.82, 2.24) is 10.2 Å². The number of carbonyl (C=O) groups excluding carboxylic acids is 3. The third-order valence-corrected chi connectivity index (χ3v) is 6.80. The minimum atomic E-state index is -1.16. The molecule has 2 atom stereocenters. The number of nitrogens with zero attached hydrogens (tertiary/aromatic N) is 1. The van der Waals surface area contributed by atoms with Crippen molar-refractivity contribution in [2.75, 3.05) is 13.7 Å². The number of aryl methyl sites for hydroxylation is 1. The molecule has 0 bridgehead atoms. The van der Waals surface area contributed by atoms with Crippen LogP contribution in [0.1, 0.15) is 49.7 Å². The summed E-state index contributed by atoms with van der Waals surface area (Å²) in [5.41, 5.74) is 0.403. The number of fused-ring (bicyclic) bond motifs is 1. The molecular weight excluding hydrogens is 448 g/mol. The van der Waals surface area contributed by atoms with Gasteiger partial charge in [-0.25, -0.2) is 0 Å². The number of amides is 2. The largest absolute Gasteiger partial charge is 0.497 e. The topological polar surface area (TPSA) is 98.1 Å². The summed E-state index contributed by atoms with van der Waals surface area (Å²) in [6.45, 7) is 4.31. The van der Waals surface area contributed by atoms with E-state index in [1.165, 1.54) is 0 Å². The second-order valence-corrected chi connectivity index (χ2v) is 8.99. The van der Waals surface area contributed by atoms with Gasteiger partial charge in [-0.15, -0.1) is 0 Å². The lowest BCUT2D eigenvalue weighted by molar-refractivity contribution is -0.158. The number of hydrogen-bond donors (Lipinski definition) is 1. The number of benzene rings is 1. The first-order chi connectivity index (χ1) is 16.9. The van der Waals surface area contributed by atoms with E-state index >= 15 is 0 Å². The van der Waals surface area contributed by atoms with E-state index in [1.807, 2.05) is 43.3 Å². The Bertz CT molecular complexity index is 1120. The third kappa shape index (κ3) is 4.83. The van der Waals surface area contributed by atoms with Gasteiger partial charge in [0.15, 0.2) is 0 Å². The summed E-state index contributed by atoms with van der Waals surface area (Å²) in [7, 11) is 1.60. The minimum absolute atomic E-state index is 0.103. The number of rotatable bonds is 9. The molecule has 8 nitrogen and oxygen atoms in total. The van der Waals surface area contributed by atoms with Crippen molar-refractivity contribution in [3.05, 3.63) is 65.3 Å². The summed E-state index contributed by atoms with van der Waals surface area (Å²) < 4.78 is 16.2. The SMILES string of the molecule is CCOC(=O)[C@]12CCCC=C1N(Cc1ccc(OC)cc1)C(=O)[C@@H]2CC(=O)NCc1ccc(C)o1. The molecule has 1 aromatic heterocycles. The number of ether oxygens (including phenoxy) is 2. The van der Waals surface area contributed by atoms with E-state index < -0.39 is 17.3 Å². The van der Waals surface area contributed by atoms with Crippen LogP contribution < -0.4 is 10.1 Å². The molecule has 0 spiro atoms. The number of carbonyl (C=O) groups is 3. The van der Waals surface area contributed by atoms with Crippen LogP contribution in [0.3, 0.4) is 0 Å². The Hall–Kier alpha value is -3.55. The summed E-state index contributed by atoms with van der Waals surface area (Å²) >= 11 is 0. The van der Waals surface area contributed by atoms with Crippen LogP contribution in [0.4, 0.5) is 0 Å². The molecule has 1 saturated heterocycles. The van der Waals surface area contributed by atoms with Crippen LogP contribution in [-0.2, 0) is 32.2 Å². The van der Waals surface area contributed by atoms with Crippen molar-refractivity contribution in [1.29, 1.82) is 0 Å². The number of likely N-dealkylation sites (tertiary alicyclic amines) is 1. The van der Waals surface area contributed by atoms with Crippen LogP contribution in [0.25, 0.3) is 0 Å². The molecule has 1 aromatic carbocycles. The number of furan rings is 1. The average Bonchev–Trinajstić information content (AvgIpc) is 3.38. The van der Waals surface area contributed by atoms with Crippen molar-refractivity contribution in [2.24, 2.45) is 11.3 Å². The Morgan fingerprint density at radius 3 is 2.63 bits per heavy atom. The predicted molar refractivity (Wildman–Crippen MR) is 128 cm³/mol. The van der Waals surface area contributed by atoms with E-state index in [4.69, 9.17) is 13.9 Å². The summed E-state index contributed by atoms with van der Waals surface area (Å²) in [5.74, 6) is 0.310. The van der Waals surface area contributed by atoms with Crippen molar-refractivity contribution in [3.8, 4) is 5.75 Å². The number of esters is 1. The van der Waals surface area contributed by atoms with E-state index in [0.717, 1.165) is 29.9 Å². The van der Waals surface area contributed by atoms with Gasteiger partial charge in [0.25, 0.3) is 0 Å². The standard InChI is InChI=1S/C27H32N2O6/c1-4-34-26(32)27-14-6-5-7-23(27)29(17-19-9-12-20(33-3)13-10-19)25(31)22(27)15-24(30)28-16-21-11-8-18(2)35-21/h7-13,22H,4-6,14-17H2,1-3H3,(H,28,30)/t22-,27-/m0/s1. The van der Waals surface area contributed by atoms with Crippen LogP contribution >= 0.6 is 0 Å². The molecule has 1 fully saturated rings. The molecule has 2 aliphatic rings. The molecule has 186 valence electrons. The van der Waals surface area contributed by atoms with Crippen molar-refractivity contribution >= 4 is 17.8 Å². The minimum Gasteiger partial charge on any atom is -0.497 e. The lowest BCUT2D eigenvalue weighted by atomic mass is 9.68. The van der Waals surface area contributed by atoms with E-state index in [2.05, 4.69) is 5.32 Å². The normalized spacial score (nSPS) is 21.3. The zero-order chi connectivity index (χ0) is 25.0. The Morgan fingerprint density at radius 2 is 1.97 bits per heavy atom. The zero-order valence-corrected chi connectivity index (χ0v) is 20.5. The van der Waals surface area contributed by atoms with Crippen LogP contribution in [0.2, 0.25) is 0 Å². The molecule has 2 aromatic rings. The summed E-state index contributed by atoms with van der Waals surface area (Å²) in [4.78, 5) is 41.8. The predicted octanol–water partition coefficient (Wildman–Crippen LogP) is 3.88. The number of methoxy groups -OCH3 is 1. The maximum absolute atomic E-state index is 13.8. The molecule has 2 heterocycles. The fraction of sp³-hybridized carbons (Fsp3) is 0.444. The van der Waals surface area contributed by atoms with Crippen molar-refractivity contribution < 1.29 is 28.3 Å². The van der Waals surface area contributed by atoms with Gasteiger partial charge in [0.2, 0.25) is 11.8 Å². The van der Waals surface area contributed by atoms with Gasteiger partial charge in [-0.05, 0) is 62.9 Å². The van der Waals surface area contributed by atoms with E-state index in [1.54, 1.807) is 25.0 Å². The molecule has 1 N–H and O–H groups in total. The van der Waals surface area contributed by atoms with E-state index in [-0.39, 0.29) is 31.4 Å². The Labute approximate surface area is 205 Å². The van der Waals surface area contributed by atoms with Crippen LogP contribution in [0, 0.1) is 18.3 Å². The van der Waals surface area contributed by atoms with Gasteiger partial charge in [-0.2, -0.15) is 0 Å². The number of allylic oxidation sites excluding steroid dienone is 1. The number of hydrogen-bond acceptors (Lipinski definition) is 6. The average molecular weight is 481 g/mol. The highest BCUT2D eigenvalue weighted by Crippen LogP contribution is 2.54. The molecule has 0 radical (unpaired) electrons. The van der Waals surface area contributed by atoms with Crippen molar-refractivity contribution in [2.45, 2.75) is 52.6 Å².